The maximum Gasteiger partial charge on any atom is 0.411 e. The highest BCUT2D eigenvalue weighted by molar-refractivity contribution is 7.87. The Morgan fingerprint density at radius 3 is 0.843 bits per heavy atom. The fourth-order valence-electron chi connectivity index (χ4n) is 8.57. The van der Waals surface area contributed by atoms with E-state index in [1.165, 1.54) is 0 Å². The molecule has 0 bridgehead atoms. The molecule has 0 atom stereocenters. The Morgan fingerprint density at radius 1 is 0.325 bits per heavy atom. The minimum absolute atomic E-state index is 0.0136. The van der Waals surface area contributed by atoms with E-state index in [1.807, 2.05) is 24.3 Å². The third-order valence-electron chi connectivity index (χ3n) is 12.3. The van der Waals surface area contributed by atoms with Crippen molar-refractivity contribution in [3.63, 3.8) is 0 Å². The van der Waals surface area contributed by atoms with Crippen LogP contribution in [-0.2, 0) is 45.9 Å². The van der Waals surface area contributed by atoms with Crippen LogP contribution in [0.3, 0.4) is 0 Å². The number of hydrogen-bond donors (Lipinski definition) is 0. The van der Waals surface area contributed by atoms with Crippen molar-refractivity contribution in [2.24, 2.45) is 0 Å². The summed E-state index contributed by atoms with van der Waals surface area (Å²) in [5.74, 6) is -1.68. The van der Waals surface area contributed by atoms with E-state index in [0.29, 0.717) is 113 Å². The second-order valence-corrected chi connectivity index (χ2v) is 25.9. The van der Waals surface area contributed by atoms with Gasteiger partial charge in [0.2, 0.25) is 5.41 Å². The molecule has 5 aromatic rings. The minimum atomic E-state index is -6.01. The zero-order chi connectivity index (χ0) is 62.0. The fourth-order valence-corrected chi connectivity index (χ4v) is 11.6. The quantitative estimate of drug-likeness (QED) is 0.0242. The number of benzene rings is 5. The van der Waals surface area contributed by atoms with E-state index in [-0.39, 0.29) is 37.2 Å². The maximum absolute atomic E-state index is 14.6. The van der Waals surface area contributed by atoms with E-state index in [4.69, 9.17) is 16.7 Å². The molecule has 28 heteroatoms. The lowest BCUT2D eigenvalue weighted by Crippen LogP contribution is -2.54. The van der Waals surface area contributed by atoms with Crippen molar-refractivity contribution in [2.45, 2.75) is 133 Å². The van der Waals surface area contributed by atoms with Crippen LogP contribution in [0.2, 0.25) is 0 Å². The molecule has 5 rings (SSSR count). The van der Waals surface area contributed by atoms with Crippen molar-refractivity contribution < 1.29 is 103 Å². The van der Waals surface area contributed by atoms with Gasteiger partial charge in [0.05, 0.1) is 24.0 Å². The summed E-state index contributed by atoms with van der Waals surface area (Å²) in [4.78, 5) is 0. The number of alkyl halides is 12. The number of unbranched alkanes of at least 4 members (excludes halogenated alkanes) is 12. The SMILES string of the molecule is CS(=O)(=O)Oc1ccc(-c2ccccc2-c2ccc(OS(C)(=O)=O)cc2)cc1.O=S(=O)(CCCCCCCCCC(F)(F)F)Oc1ccc(C(c2ccc(OS(=O)(=O)CCCCCCCCCC(F)(F)F)cc2)(C(F)(F)F)C(F)(F)F)cc1. The fraction of sp³-hybridized carbons (Fsp3) is 0.455. The van der Waals surface area contributed by atoms with Crippen molar-refractivity contribution in [1.82, 2.24) is 0 Å². The van der Waals surface area contributed by atoms with Crippen LogP contribution >= 0.6 is 0 Å². The van der Waals surface area contributed by atoms with Gasteiger partial charge in [0, 0.05) is 12.8 Å². The molecule has 0 aliphatic heterocycles. The zero-order valence-electron chi connectivity index (χ0n) is 44.8. The highest BCUT2D eigenvalue weighted by atomic mass is 32.2. The van der Waals surface area contributed by atoms with Crippen molar-refractivity contribution >= 4 is 40.5 Å². The van der Waals surface area contributed by atoms with E-state index in [1.54, 1.807) is 48.5 Å². The summed E-state index contributed by atoms with van der Waals surface area (Å²) in [6, 6.07) is 25.4. The standard InChI is InChI=1S/C35H44F12O6S2.C20H18O6S2/c36-31(37,38)23-11-7-3-1-5-9-13-25-54(48,49)52-29-19-15-27(16-20-29)33(34(42,43)44,35(45,46)47)28-17-21-30(22-18-28)53-55(50,51)26-14-10-6-2-4-8-12-24-32(39,40)41;1-27(21,22)25-17-11-7-15(8-12-17)19-5-3-4-6-20(19)16-9-13-18(14-10-16)26-28(2,23)24/h15-22H,1-14,23-26H2;3-14H,1-2H3. The Morgan fingerprint density at radius 2 is 0.578 bits per heavy atom. The lowest BCUT2D eigenvalue weighted by molar-refractivity contribution is -0.288. The van der Waals surface area contributed by atoms with Crippen LogP contribution in [0, 0.1) is 0 Å². The summed E-state index contributed by atoms with van der Waals surface area (Å²) in [5.41, 5.74) is -3.69. The Kier molecular flexibility index (Phi) is 25.1. The van der Waals surface area contributed by atoms with Crippen LogP contribution < -0.4 is 16.7 Å². The highest BCUT2D eigenvalue weighted by Crippen LogP contribution is 2.56. The van der Waals surface area contributed by atoms with Gasteiger partial charge in [0.25, 0.3) is 0 Å². The molecule has 0 heterocycles. The molecule has 0 aromatic heterocycles. The molecule has 5 aromatic carbocycles. The molecule has 0 N–H and O–H groups in total. The predicted octanol–water partition coefficient (Wildman–Crippen LogP) is 15.6. The minimum Gasteiger partial charge on any atom is -0.383 e. The summed E-state index contributed by atoms with van der Waals surface area (Å²) in [7, 11) is -15.8. The van der Waals surface area contributed by atoms with E-state index in [2.05, 4.69) is 0 Å². The van der Waals surface area contributed by atoms with E-state index in [0.717, 1.165) is 34.8 Å². The number of rotatable bonds is 30. The summed E-state index contributed by atoms with van der Waals surface area (Å²) in [5, 5.41) is 0. The highest BCUT2D eigenvalue weighted by Gasteiger charge is 2.72. The van der Waals surface area contributed by atoms with Gasteiger partial charge in [0.15, 0.2) is 0 Å². The molecule has 83 heavy (non-hydrogen) atoms. The molecule has 0 saturated heterocycles. The van der Waals surface area contributed by atoms with Crippen LogP contribution in [0.1, 0.15) is 114 Å². The normalized spacial score (nSPS) is 13.0. The second-order valence-electron chi connectivity index (χ2n) is 19.3. The van der Waals surface area contributed by atoms with Crippen LogP contribution in [0.15, 0.2) is 121 Å². The summed E-state index contributed by atoms with van der Waals surface area (Å²) >= 11 is 0. The molecular formula is C55H62F12O12S4. The van der Waals surface area contributed by atoms with Crippen LogP contribution in [-0.4, -0.2) is 82.4 Å². The average molecular weight is 1270 g/mol. The number of hydrogen-bond acceptors (Lipinski definition) is 12. The molecular weight excluding hydrogens is 1210 g/mol. The third-order valence-corrected chi connectivity index (χ3v) is 15.8. The van der Waals surface area contributed by atoms with Gasteiger partial charge in [0.1, 0.15) is 23.0 Å². The largest absolute Gasteiger partial charge is 0.411 e. The van der Waals surface area contributed by atoms with Gasteiger partial charge in [-0.25, -0.2) is 0 Å². The molecule has 0 radical (unpaired) electrons. The summed E-state index contributed by atoms with van der Waals surface area (Å²) < 4.78 is 275. The van der Waals surface area contributed by atoms with Gasteiger partial charge >= 0.3 is 65.2 Å². The molecule has 0 amide bonds. The molecule has 462 valence electrons. The van der Waals surface area contributed by atoms with Gasteiger partial charge in [-0.1, -0.05) is 137 Å². The van der Waals surface area contributed by atoms with Crippen molar-refractivity contribution in [1.29, 1.82) is 0 Å². The van der Waals surface area contributed by atoms with Crippen LogP contribution in [0.25, 0.3) is 22.3 Å². The molecule has 12 nitrogen and oxygen atoms in total. The van der Waals surface area contributed by atoms with Crippen LogP contribution in [0.4, 0.5) is 52.7 Å². The van der Waals surface area contributed by atoms with E-state index >= 15 is 0 Å². The molecule has 0 unspecified atom stereocenters. The Balaban J connectivity index is 0.000000438. The molecule has 0 aliphatic carbocycles. The summed E-state index contributed by atoms with van der Waals surface area (Å²) in [6.45, 7) is 0. The first kappa shape index (κ1) is 69.8. The maximum atomic E-state index is 14.6. The van der Waals surface area contributed by atoms with Crippen LogP contribution in [0.5, 0.6) is 23.0 Å². The molecule has 0 spiro atoms. The average Bonchev–Trinajstić information content (AvgIpc) is 3.54. The second kappa shape index (κ2) is 29.9. The Bertz CT molecular complexity index is 3040. The first-order valence-corrected chi connectivity index (χ1v) is 32.6. The molecule has 0 aliphatic rings. The Hall–Kier alpha value is -5.74. The van der Waals surface area contributed by atoms with Crippen molar-refractivity contribution in [3.8, 4) is 45.3 Å². The first-order chi connectivity index (χ1) is 38.4. The van der Waals surface area contributed by atoms with Gasteiger partial charge in [-0.2, -0.15) is 86.4 Å². The third kappa shape index (κ3) is 24.4. The smallest absolute Gasteiger partial charge is 0.383 e. The lowest BCUT2D eigenvalue weighted by Gasteiger charge is -2.38. The summed E-state index contributed by atoms with van der Waals surface area (Å²) in [6.07, 6.45) is -15.4. The lowest BCUT2D eigenvalue weighted by atomic mass is 9.73. The monoisotopic (exact) mass is 1270 g/mol. The van der Waals surface area contributed by atoms with Crippen molar-refractivity contribution in [3.05, 3.63) is 132 Å². The Labute approximate surface area is 476 Å². The van der Waals surface area contributed by atoms with Gasteiger partial charge in [-0.15, -0.1) is 0 Å². The van der Waals surface area contributed by atoms with Gasteiger partial charge < -0.3 is 16.7 Å². The predicted molar refractivity (Wildman–Crippen MR) is 289 cm³/mol. The molecule has 0 saturated carbocycles. The number of halogens is 12. The first-order valence-electron chi connectivity index (χ1n) is 25.8. The van der Waals surface area contributed by atoms with E-state index in [9.17, 15) is 86.4 Å². The van der Waals surface area contributed by atoms with Gasteiger partial charge in [-0.05, 0) is 108 Å². The topological polar surface area (TPSA) is 173 Å². The molecule has 0 fully saturated rings. The van der Waals surface area contributed by atoms with E-state index < -0.39 is 118 Å². The van der Waals surface area contributed by atoms with Crippen molar-refractivity contribution in [2.75, 3.05) is 24.0 Å². The van der Waals surface area contributed by atoms with Gasteiger partial charge in [-0.3, -0.25) is 0 Å². The zero-order valence-corrected chi connectivity index (χ0v) is 48.1.